The minimum Gasteiger partial charge on any atom is -0.381 e. The summed E-state index contributed by atoms with van der Waals surface area (Å²) in [5.74, 6) is -3.14. The average Bonchev–Trinajstić information content (AvgIpc) is 2.96. The van der Waals surface area contributed by atoms with Gasteiger partial charge >= 0.3 is 0 Å². The molecule has 2 aromatic heterocycles. The number of alkyl halides is 2. The highest BCUT2D eigenvalue weighted by Crippen LogP contribution is 2.44. The maximum Gasteiger partial charge on any atom is 0.291 e. The molecule has 5 heterocycles. The topological polar surface area (TPSA) is 78.2 Å². The number of fused-ring (bicyclic) bond motifs is 7. The fourth-order valence-electron chi connectivity index (χ4n) is 7.32. The monoisotopic (exact) mass is 598 g/mol. The van der Waals surface area contributed by atoms with E-state index in [4.69, 9.17) is 4.74 Å². The van der Waals surface area contributed by atoms with Gasteiger partial charge in [-0.3, -0.25) is 9.59 Å². The number of halogens is 3. The van der Waals surface area contributed by atoms with E-state index in [1.54, 1.807) is 17.6 Å². The molecule has 0 amide bonds. The van der Waals surface area contributed by atoms with E-state index in [1.807, 2.05) is 0 Å². The third-order valence-corrected chi connectivity index (χ3v) is 9.92. The van der Waals surface area contributed by atoms with Crippen LogP contribution in [0.2, 0.25) is 0 Å². The first-order chi connectivity index (χ1) is 20.6. The maximum absolute atomic E-state index is 15.8. The molecule has 10 heteroatoms. The van der Waals surface area contributed by atoms with Gasteiger partial charge in [0.2, 0.25) is 0 Å². The van der Waals surface area contributed by atoms with Crippen LogP contribution < -0.4 is 16.4 Å². The molecule has 1 atom stereocenters. The highest BCUT2D eigenvalue weighted by molar-refractivity contribution is 5.89. The van der Waals surface area contributed by atoms with Crippen LogP contribution in [0.4, 0.5) is 19.0 Å². The molecule has 0 spiro atoms. The van der Waals surface area contributed by atoms with Crippen molar-refractivity contribution in [2.75, 3.05) is 18.5 Å². The van der Waals surface area contributed by atoms with Crippen molar-refractivity contribution in [1.29, 1.82) is 0 Å². The number of ether oxygens (including phenoxy) is 1. The number of benzene rings is 1. The summed E-state index contributed by atoms with van der Waals surface area (Å²) in [5, 5.41) is 8.17. The number of aromatic nitrogens is 3. The quantitative estimate of drug-likeness (QED) is 0.334. The number of aryl methyl sites for hydroxylation is 2. The van der Waals surface area contributed by atoms with Gasteiger partial charge in [-0.15, -0.1) is 0 Å². The van der Waals surface area contributed by atoms with Crippen LogP contribution in [0.1, 0.15) is 99.8 Å². The molecule has 7 rings (SSSR count). The van der Waals surface area contributed by atoms with Gasteiger partial charge in [0.15, 0.2) is 5.82 Å². The van der Waals surface area contributed by atoms with Gasteiger partial charge in [0.1, 0.15) is 11.3 Å². The molecule has 2 fully saturated rings. The summed E-state index contributed by atoms with van der Waals surface area (Å²) in [6.07, 6.45) is 6.96. The van der Waals surface area contributed by atoms with Crippen molar-refractivity contribution in [2.24, 2.45) is 18.9 Å². The Morgan fingerprint density at radius 3 is 2.49 bits per heavy atom. The molecule has 7 nitrogen and oxygen atoms in total. The number of anilines is 1. The Kier molecular flexibility index (Phi) is 8.41. The van der Waals surface area contributed by atoms with Crippen LogP contribution in [-0.4, -0.2) is 27.6 Å². The SMILES string of the molecule is C[C@H]1Nc2nn(C)c(=O)c3c2cc(C2CCOCC2)c(=O)n3CCCCCC2CC(CCC(F)(F)c3cccc1c3F)C2. The Hall–Kier alpha value is -3.14. The molecule has 1 saturated heterocycles. The van der Waals surface area contributed by atoms with Crippen molar-refractivity contribution < 1.29 is 17.9 Å². The van der Waals surface area contributed by atoms with Gasteiger partial charge < -0.3 is 14.6 Å². The molecule has 8 bridgehead atoms. The molecule has 0 unspecified atom stereocenters. The van der Waals surface area contributed by atoms with E-state index in [9.17, 15) is 9.59 Å². The largest absolute Gasteiger partial charge is 0.381 e. The van der Waals surface area contributed by atoms with Gasteiger partial charge in [-0.1, -0.05) is 37.5 Å². The first-order valence-corrected chi connectivity index (χ1v) is 15.8. The first kappa shape index (κ1) is 29.9. The second kappa shape index (κ2) is 12.1. The van der Waals surface area contributed by atoms with E-state index in [0.717, 1.165) is 38.5 Å². The normalized spacial score (nSPS) is 25.2. The molecular formula is C33H41F3N4O3. The molecule has 0 radical (unpaired) electrons. The summed E-state index contributed by atoms with van der Waals surface area (Å²) in [4.78, 5) is 27.5. The summed E-state index contributed by atoms with van der Waals surface area (Å²) in [6.45, 7) is 3.22. The lowest BCUT2D eigenvalue weighted by atomic mass is 9.70. The minimum absolute atomic E-state index is 0.0142. The number of rotatable bonds is 1. The van der Waals surface area contributed by atoms with E-state index in [-0.39, 0.29) is 40.5 Å². The van der Waals surface area contributed by atoms with Crippen LogP contribution in [0.25, 0.3) is 10.9 Å². The van der Waals surface area contributed by atoms with Crippen LogP contribution in [0.5, 0.6) is 0 Å². The molecule has 1 saturated carbocycles. The Bertz CT molecular complexity index is 1610. The number of hydrogen-bond acceptors (Lipinski definition) is 5. The molecule has 1 aromatic carbocycles. The molecule has 232 valence electrons. The van der Waals surface area contributed by atoms with Crippen molar-refractivity contribution in [3.8, 4) is 0 Å². The highest BCUT2D eigenvalue weighted by atomic mass is 19.3. The minimum atomic E-state index is -3.28. The fourth-order valence-corrected chi connectivity index (χ4v) is 7.32. The van der Waals surface area contributed by atoms with Crippen molar-refractivity contribution in [1.82, 2.24) is 14.3 Å². The Morgan fingerprint density at radius 2 is 1.72 bits per heavy atom. The zero-order valence-corrected chi connectivity index (χ0v) is 25.0. The van der Waals surface area contributed by atoms with Crippen molar-refractivity contribution in [3.05, 3.63) is 67.5 Å². The molecule has 1 N–H and O–H groups in total. The second-order valence-electron chi connectivity index (χ2n) is 12.9. The Balaban J connectivity index is 1.48. The smallest absolute Gasteiger partial charge is 0.291 e. The molecule has 3 aromatic rings. The second-order valence-corrected chi connectivity index (χ2v) is 12.9. The Morgan fingerprint density at radius 1 is 0.977 bits per heavy atom. The summed E-state index contributed by atoms with van der Waals surface area (Å²) in [5.41, 5.74) is -0.164. The molecule has 43 heavy (non-hydrogen) atoms. The lowest BCUT2D eigenvalue weighted by Gasteiger charge is -2.36. The summed E-state index contributed by atoms with van der Waals surface area (Å²) < 4.78 is 54.9. The molecular weight excluding hydrogens is 557 g/mol. The lowest BCUT2D eigenvalue weighted by molar-refractivity contribution is -0.0288. The van der Waals surface area contributed by atoms with E-state index >= 15 is 13.2 Å². The van der Waals surface area contributed by atoms with Crippen LogP contribution in [0, 0.1) is 17.7 Å². The van der Waals surface area contributed by atoms with Crippen molar-refractivity contribution in [2.45, 2.75) is 95.6 Å². The number of nitrogens with zero attached hydrogens (tertiary/aromatic N) is 3. The zero-order valence-electron chi connectivity index (χ0n) is 25.0. The van der Waals surface area contributed by atoms with Gasteiger partial charge in [-0.25, -0.2) is 17.9 Å². The predicted molar refractivity (Wildman–Crippen MR) is 160 cm³/mol. The fraction of sp³-hybridized carbons (Fsp3) is 0.606. The van der Waals surface area contributed by atoms with Gasteiger partial charge in [-0.2, -0.15) is 5.10 Å². The lowest BCUT2D eigenvalue weighted by Crippen LogP contribution is -2.33. The maximum atomic E-state index is 15.8. The Labute approximate surface area is 249 Å². The summed E-state index contributed by atoms with van der Waals surface area (Å²) >= 11 is 0. The van der Waals surface area contributed by atoms with E-state index in [2.05, 4.69) is 10.4 Å². The van der Waals surface area contributed by atoms with Gasteiger partial charge in [-0.05, 0) is 69.3 Å². The van der Waals surface area contributed by atoms with Crippen molar-refractivity contribution >= 4 is 16.7 Å². The predicted octanol–water partition coefficient (Wildman–Crippen LogP) is 6.77. The molecule has 4 aliphatic rings. The summed E-state index contributed by atoms with van der Waals surface area (Å²) in [6, 6.07) is 5.17. The van der Waals surface area contributed by atoms with Crippen molar-refractivity contribution in [3.63, 3.8) is 0 Å². The van der Waals surface area contributed by atoms with Gasteiger partial charge in [0.05, 0.1) is 11.6 Å². The standard InChI is InChI=1S/C33H41F3N4O3/c1-20-24-8-6-9-27(28(24)34)33(35,36)13-10-22-17-21(18-22)7-4-3-5-14-40-29-26(30(37-20)38-39(2)32(29)42)19-25(31(40)41)23-11-15-43-16-12-23/h6,8-9,19-23H,3-5,7,10-18H2,1-2H3,(H,37,38)/t20-,21?,22?/m1/s1. The van der Waals surface area contributed by atoms with Gasteiger partial charge in [0.25, 0.3) is 17.0 Å². The first-order valence-electron chi connectivity index (χ1n) is 15.8. The number of pyridine rings is 1. The molecule has 3 aliphatic heterocycles. The van der Waals surface area contributed by atoms with E-state index < -0.39 is 23.3 Å². The van der Waals surface area contributed by atoms with Crippen LogP contribution >= 0.6 is 0 Å². The summed E-state index contributed by atoms with van der Waals surface area (Å²) in [7, 11) is 1.52. The third kappa shape index (κ3) is 5.87. The van der Waals surface area contributed by atoms with E-state index in [1.165, 1.54) is 29.9 Å². The number of nitrogens with one attached hydrogen (secondary N) is 1. The van der Waals surface area contributed by atoms with Crippen LogP contribution in [0.3, 0.4) is 0 Å². The van der Waals surface area contributed by atoms with E-state index in [0.29, 0.717) is 61.7 Å². The van der Waals surface area contributed by atoms with Gasteiger partial charge in [0, 0.05) is 49.7 Å². The van der Waals surface area contributed by atoms with Crippen LogP contribution in [-0.2, 0) is 24.3 Å². The average molecular weight is 599 g/mol. The molecule has 1 aliphatic carbocycles. The third-order valence-electron chi connectivity index (χ3n) is 9.92. The van der Waals surface area contributed by atoms with Crippen LogP contribution in [0.15, 0.2) is 33.9 Å². The zero-order chi connectivity index (χ0) is 30.3. The number of hydrogen-bond donors (Lipinski definition) is 1. The highest BCUT2D eigenvalue weighted by Gasteiger charge is 2.38.